The van der Waals surface area contributed by atoms with Gasteiger partial charge in [0.05, 0.1) is 10.5 Å². The van der Waals surface area contributed by atoms with Crippen molar-refractivity contribution in [3.05, 3.63) is 29.8 Å². The van der Waals surface area contributed by atoms with E-state index in [2.05, 4.69) is 4.72 Å². The lowest BCUT2D eigenvalue weighted by molar-refractivity contribution is -0.140. The molecule has 2 saturated heterocycles. The first-order valence-corrected chi connectivity index (χ1v) is 11.4. The van der Waals surface area contributed by atoms with Gasteiger partial charge in [-0.1, -0.05) is 12.1 Å². The van der Waals surface area contributed by atoms with Crippen LogP contribution in [0.3, 0.4) is 0 Å². The zero-order valence-electron chi connectivity index (χ0n) is 16.6. The van der Waals surface area contributed by atoms with Gasteiger partial charge in [0.2, 0.25) is 15.9 Å². The summed E-state index contributed by atoms with van der Waals surface area (Å²) in [4.78, 5) is 25.7. The van der Waals surface area contributed by atoms with Gasteiger partial charge in [-0.25, -0.2) is 17.9 Å². The lowest BCUT2D eigenvalue weighted by atomic mass is 9.94. The summed E-state index contributed by atoms with van der Waals surface area (Å²) in [6.45, 7) is 1.15. The molecule has 0 saturated carbocycles. The predicted molar refractivity (Wildman–Crippen MR) is 104 cm³/mol. The largest absolute Gasteiger partial charge is 0.465 e. The first kappa shape index (κ1) is 23.3. The third-order valence-electron chi connectivity index (χ3n) is 5.73. The zero-order valence-corrected chi connectivity index (χ0v) is 17.5. The number of amides is 2. The highest BCUT2D eigenvalue weighted by molar-refractivity contribution is 7.89. The number of benzene rings is 1. The second kappa shape index (κ2) is 9.03. The van der Waals surface area contributed by atoms with Gasteiger partial charge >= 0.3 is 12.3 Å². The molecule has 0 aromatic heterocycles. The lowest BCUT2D eigenvalue weighted by Crippen LogP contribution is -2.49. The number of hydrogen-bond acceptors (Lipinski definition) is 4. The van der Waals surface area contributed by atoms with Gasteiger partial charge in [0.15, 0.2) is 0 Å². The van der Waals surface area contributed by atoms with Crippen molar-refractivity contribution < 1.29 is 36.3 Å². The summed E-state index contributed by atoms with van der Waals surface area (Å²) < 4.78 is 67.0. The van der Waals surface area contributed by atoms with Crippen LogP contribution in [-0.4, -0.2) is 67.5 Å². The van der Waals surface area contributed by atoms with E-state index in [9.17, 15) is 31.2 Å². The monoisotopic (exact) mass is 463 g/mol. The molecule has 0 aliphatic carbocycles. The van der Waals surface area contributed by atoms with Gasteiger partial charge in [-0.05, 0) is 37.8 Å². The summed E-state index contributed by atoms with van der Waals surface area (Å²) in [5.74, 6) is -0.365. The number of nitrogens with zero attached hydrogens (tertiary/aromatic N) is 2. The third kappa shape index (κ3) is 5.48. The van der Waals surface area contributed by atoms with Gasteiger partial charge in [-0.15, -0.1) is 0 Å². The fourth-order valence-electron chi connectivity index (χ4n) is 4.01. The van der Waals surface area contributed by atoms with Crippen LogP contribution in [0.4, 0.5) is 18.0 Å². The summed E-state index contributed by atoms with van der Waals surface area (Å²) in [6.07, 6.45) is -4.36. The molecule has 2 heterocycles. The Hall–Kier alpha value is -2.34. The number of piperidine rings is 2. The van der Waals surface area contributed by atoms with Crippen LogP contribution in [0.5, 0.6) is 0 Å². The van der Waals surface area contributed by atoms with Crippen LogP contribution in [0.1, 0.15) is 31.2 Å². The van der Waals surface area contributed by atoms with Crippen LogP contribution >= 0.6 is 0 Å². The van der Waals surface area contributed by atoms with Gasteiger partial charge in [0.25, 0.3) is 0 Å². The Labute approximate surface area is 178 Å². The minimum atomic E-state index is -4.79. The van der Waals surface area contributed by atoms with E-state index in [4.69, 9.17) is 5.11 Å². The van der Waals surface area contributed by atoms with Crippen LogP contribution in [0.15, 0.2) is 29.2 Å². The number of carbonyl (C=O) groups is 2. The number of halogens is 3. The van der Waals surface area contributed by atoms with E-state index in [1.54, 1.807) is 4.90 Å². The van der Waals surface area contributed by atoms with Gasteiger partial charge in [0, 0.05) is 38.1 Å². The molecule has 31 heavy (non-hydrogen) atoms. The molecule has 0 atom stereocenters. The average molecular weight is 463 g/mol. The van der Waals surface area contributed by atoms with Gasteiger partial charge in [-0.2, -0.15) is 13.2 Å². The second-order valence-corrected chi connectivity index (χ2v) is 9.44. The van der Waals surface area contributed by atoms with Crippen molar-refractivity contribution in [3.63, 3.8) is 0 Å². The summed E-state index contributed by atoms with van der Waals surface area (Å²) in [7, 11) is -4.38. The molecule has 2 aliphatic rings. The number of rotatable bonds is 4. The first-order valence-electron chi connectivity index (χ1n) is 9.94. The van der Waals surface area contributed by atoms with Crippen LogP contribution in [-0.2, 0) is 21.0 Å². The smallest absolute Gasteiger partial charge is 0.417 e. The van der Waals surface area contributed by atoms with Crippen molar-refractivity contribution in [2.45, 2.75) is 42.8 Å². The number of nitrogens with one attached hydrogen (secondary N) is 1. The molecule has 2 amide bonds. The minimum Gasteiger partial charge on any atom is -0.465 e. The number of likely N-dealkylation sites (tertiary alicyclic amines) is 2. The van der Waals surface area contributed by atoms with Crippen molar-refractivity contribution in [2.75, 3.05) is 26.2 Å². The summed E-state index contributed by atoms with van der Waals surface area (Å²) in [5, 5.41) is 8.99. The quantitative estimate of drug-likeness (QED) is 0.713. The molecule has 12 heteroatoms. The fourth-order valence-corrected chi connectivity index (χ4v) is 5.54. The third-order valence-corrected chi connectivity index (χ3v) is 7.30. The molecule has 0 radical (unpaired) electrons. The molecule has 2 N–H and O–H groups in total. The van der Waals surface area contributed by atoms with E-state index in [1.807, 2.05) is 0 Å². The summed E-state index contributed by atoms with van der Waals surface area (Å²) >= 11 is 0. The Kier molecular flexibility index (Phi) is 6.79. The molecule has 3 rings (SSSR count). The molecule has 1 aromatic rings. The average Bonchev–Trinajstić information content (AvgIpc) is 2.73. The molecule has 0 unspecified atom stereocenters. The van der Waals surface area contributed by atoms with E-state index in [1.165, 1.54) is 11.0 Å². The molecular formula is C19H24F3N3O5S. The number of sulfonamides is 1. The summed E-state index contributed by atoms with van der Waals surface area (Å²) in [5.41, 5.74) is -1.22. The minimum absolute atomic E-state index is 0.0891. The Morgan fingerprint density at radius 1 is 0.968 bits per heavy atom. The highest BCUT2D eigenvalue weighted by atomic mass is 32.2. The SMILES string of the molecule is O=C(O)N1CCC(C(=O)N2CCC(NS(=O)(=O)c3ccccc3C(F)(F)F)CC2)CC1. The maximum atomic E-state index is 13.2. The van der Waals surface area contributed by atoms with E-state index in [0.717, 1.165) is 18.2 Å². The lowest BCUT2D eigenvalue weighted by Gasteiger charge is -2.36. The molecule has 2 aliphatic heterocycles. The molecule has 172 valence electrons. The maximum absolute atomic E-state index is 13.2. The number of hydrogen-bond donors (Lipinski definition) is 2. The van der Waals surface area contributed by atoms with Gasteiger partial charge in [0.1, 0.15) is 0 Å². The van der Waals surface area contributed by atoms with Crippen LogP contribution in [0.2, 0.25) is 0 Å². The van der Waals surface area contributed by atoms with Gasteiger partial charge < -0.3 is 14.9 Å². The molecule has 1 aromatic carbocycles. The van der Waals surface area contributed by atoms with Crippen molar-refractivity contribution in [1.29, 1.82) is 0 Å². The highest BCUT2D eigenvalue weighted by Crippen LogP contribution is 2.34. The van der Waals surface area contributed by atoms with Crippen LogP contribution < -0.4 is 4.72 Å². The summed E-state index contributed by atoms with van der Waals surface area (Å²) in [6, 6.07) is 3.44. The van der Waals surface area contributed by atoms with Gasteiger partial charge in [-0.3, -0.25) is 4.79 Å². The predicted octanol–water partition coefficient (Wildman–Crippen LogP) is 2.36. The molecular weight excluding hydrogens is 439 g/mol. The Bertz CT molecular complexity index is 922. The van der Waals surface area contributed by atoms with Crippen molar-refractivity contribution in [3.8, 4) is 0 Å². The van der Waals surface area contributed by atoms with Crippen molar-refractivity contribution in [2.24, 2.45) is 5.92 Å². The number of carbonyl (C=O) groups excluding carboxylic acids is 1. The number of alkyl halides is 3. The van der Waals surface area contributed by atoms with Crippen molar-refractivity contribution in [1.82, 2.24) is 14.5 Å². The molecule has 0 spiro atoms. The topological polar surface area (TPSA) is 107 Å². The standard InChI is InChI=1S/C19H24F3N3O5S/c20-19(21,22)15-3-1-2-4-16(15)31(29,30)23-14-7-11-24(12-8-14)17(26)13-5-9-25(10-6-13)18(27)28/h1-4,13-14,23H,5-12H2,(H,27,28). The zero-order chi connectivity index (χ0) is 22.8. The normalized spacial score (nSPS) is 19.5. The maximum Gasteiger partial charge on any atom is 0.417 e. The highest BCUT2D eigenvalue weighted by Gasteiger charge is 2.38. The van der Waals surface area contributed by atoms with Crippen LogP contribution in [0, 0.1) is 5.92 Å². The van der Waals surface area contributed by atoms with Crippen LogP contribution in [0.25, 0.3) is 0 Å². The number of carboxylic acid groups (broad SMARTS) is 1. The first-order chi connectivity index (χ1) is 14.5. The van der Waals surface area contributed by atoms with E-state index < -0.39 is 38.8 Å². The Morgan fingerprint density at radius 3 is 2.06 bits per heavy atom. The Balaban J connectivity index is 1.57. The Morgan fingerprint density at radius 2 is 1.52 bits per heavy atom. The fraction of sp³-hybridized carbons (Fsp3) is 0.579. The van der Waals surface area contributed by atoms with E-state index in [0.29, 0.717) is 25.9 Å². The van der Waals surface area contributed by atoms with E-state index >= 15 is 0 Å². The molecule has 8 nitrogen and oxygen atoms in total. The van der Waals surface area contributed by atoms with E-state index in [-0.39, 0.29) is 37.8 Å². The second-order valence-electron chi connectivity index (χ2n) is 7.76. The van der Waals surface area contributed by atoms with Crippen molar-refractivity contribution >= 4 is 22.0 Å². The molecule has 0 bridgehead atoms. The molecule has 2 fully saturated rings.